The monoisotopic (exact) mass is 703 g/mol. The molecule has 3 aliphatic rings. The number of allylic oxidation sites excluding steroid dienone is 3. The summed E-state index contributed by atoms with van der Waals surface area (Å²) in [5.41, 5.74) is 18.1. The lowest BCUT2D eigenvalue weighted by Crippen LogP contribution is -2.36. The Morgan fingerprint density at radius 1 is 0.491 bits per heavy atom. The molecule has 2 aliphatic carbocycles. The minimum Gasteiger partial charge on any atom is -0.497 e. The van der Waals surface area contributed by atoms with E-state index in [9.17, 15) is 0 Å². The zero-order valence-electron chi connectivity index (χ0n) is 30.5. The average Bonchev–Trinajstić information content (AvgIpc) is 3.35. The normalized spacial score (nSPS) is 14.3. The van der Waals surface area contributed by atoms with Crippen molar-refractivity contribution >= 4 is 39.5 Å². The molecule has 2 nitrogen and oxygen atoms in total. The van der Waals surface area contributed by atoms with Gasteiger partial charge in [0.05, 0.1) is 23.9 Å². The third-order valence-corrected chi connectivity index (χ3v) is 12.0. The quantitative estimate of drug-likeness (QED) is 0.181. The second-order valence-corrected chi connectivity index (χ2v) is 14.8. The molecule has 0 amide bonds. The van der Waals surface area contributed by atoms with Gasteiger partial charge in [0, 0.05) is 11.8 Å². The van der Waals surface area contributed by atoms with E-state index in [-0.39, 0.29) is 0 Å². The number of hydrogen-bond acceptors (Lipinski definition) is 2. The van der Waals surface area contributed by atoms with Crippen molar-refractivity contribution in [2.45, 2.75) is 11.8 Å². The zero-order chi connectivity index (χ0) is 36.5. The van der Waals surface area contributed by atoms with Crippen molar-refractivity contribution in [1.29, 1.82) is 0 Å². The lowest BCUT2D eigenvalue weighted by Gasteiger charge is -2.45. The molecule has 11 rings (SSSR count). The predicted molar refractivity (Wildman–Crippen MR) is 229 cm³/mol. The standard InChI is InChI=1S/C53H37NO/c1-55-44-16-10-15-43(34-44)54-51-19-8-6-17-47(51)53(48-18-7-9-20-52(48)54)49-32-41(38-23-21-35-11-2-3-12-36(35)22-24-38)27-29-45(49)46-30-28-42(33-50(46)53)40-26-25-37-13-4-5-14-39(37)31-40/h2-21,23-34H,22H2,1H3. The van der Waals surface area contributed by atoms with E-state index < -0.39 is 5.41 Å². The van der Waals surface area contributed by atoms with Crippen molar-refractivity contribution in [2.24, 2.45) is 0 Å². The minimum absolute atomic E-state index is 0.575. The van der Waals surface area contributed by atoms with E-state index in [2.05, 4.69) is 193 Å². The molecule has 0 unspecified atom stereocenters. The van der Waals surface area contributed by atoms with Gasteiger partial charge in [-0.15, -0.1) is 0 Å². The number of hydrogen-bond donors (Lipinski definition) is 0. The first-order chi connectivity index (χ1) is 27.2. The van der Waals surface area contributed by atoms with Crippen LogP contribution in [0.1, 0.15) is 38.9 Å². The highest BCUT2D eigenvalue weighted by Gasteiger charge is 2.52. The van der Waals surface area contributed by atoms with E-state index >= 15 is 0 Å². The predicted octanol–water partition coefficient (Wildman–Crippen LogP) is 13.3. The lowest BCUT2D eigenvalue weighted by atomic mass is 9.64. The van der Waals surface area contributed by atoms with E-state index in [1.165, 1.54) is 88.9 Å². The molecule has 1 heterocycles. The molecule has 55 heavy (non-hydrogen) atoms. The number of para-hydroxylation sites is 2. The lowest BCUT2D eigenvalue weighted by molar-refractivity contribution is 0.415. The van der Waals surface area contributed by atoms with Crippen LogP contribution < -0.4 is 9.64 Å². The average molecular weight is 704 g/mol. The SMILES string of the molecule is COc1cccc(N2c3ccccc3C3(c4cc(C5=CCc6ccccc6C=C5)ccc4-c4ccc(-c5ccc6ccccc6c5)cc43)c3ccccc32)c1. The minimum atomic E-state index is -0.575. The number of anilines is 3. The van der Waals surface area contributed by atoms with Crippen molar-refractivity contribution in [2.75, 3.05) is 12.0 Å². The molecule has 0 N–H and O–H groups in total. The summed E-state index contributed by atoms with van der Waals surface area (Å²) >= 11 is 0. The Morgan fingerprint density at radius 2 is 1.13 bits per heavy atom. The summed E-state index contributed by atoms with van der Waals surface area (Å²) in [6, 6.07) is 65.0. The van der Waals surface area contributed by atoms with Crippen molar-refractivity contribution in [3.63, 3.8) is 0 Å². The maximum absolute atomic E-state index is 5.75. The van der Waals surface area contributed by atoms with Gasteiger partial charge < -0.3 is 9.64 Å². The van der Waals surface area contributed by atoms with Gasteiger partial charge in [0.25, 0.3) is 0 Å². The Bertz CT molecular complexity index is 2860. The van der Waals surface area contributed by atoms with Gasteiger partial charge in [-0.25, -0.2) is 0 Å². The maximum atomic E-state index is 5.75. The largest absolute Gasteiger partial charge is 0.497 e. The van der Waals surface area contributed by atoms with Gasteiger partial charge in [0.1, 0.15) is 5.75 Å². The van der Waals surface area contributed by atoms with E-state index in [0.29, 0.717) is 0 Å². The second-order valence-electron chi connectivity index (χ2n) is 14.8. The molecule has 2 heteroatoms. The van der Waals surface area contributed by atoms with Crippen LogP contribution >= 0.6 is 0 Å². The van der Waals surface area contributed by atoms with E-state index in [4.69, 9.17) is 4.74 Å². The summed E-state index contributed by atoms with van der Waals surface area (Å²) in [4.78, 5) is 2.42. The number of nitrogens with zero attached hydrogens (tertiary/aromatic N) is 1. The number of rotatable bonds is 4. The number of fused-ring (bicyclic) bond motifs is 11. The smallest absolute Gasteiger partial charge is 0.120 e. The van der Waals surface area contributed by atoms with Crippen LogP contribution in [-0.2, 0) is 11.8 Å². The highest BCUT2D eigenvalue weighted by Crippen LogP contribution is 2.64. The van der Waals surface area contributed by atoms with Crippen LogP contribution in [0, 0.1) is 0 Å². The molecule has 0 bridgehead atoms. The van der Waals surface area contributed by atoms with Gasteiger partial charge in [-0.05, 0) is 126 Å². The van der Waals surface area contributed by atoms with Crippen LogP contribution in [0.3, 0.4) is 0 Å². The highest BCUT2D eigenvalue weighted by atomic mass is 16.5. The fourth-order valence-corrected chi connectivity index (χ4v) is 9.47. The molecule has 0 atom stereocenters. The molecule has 8 aromatic carbocycles. The molecule has 1 spiro atoms. The second kappa shape index (κ2) is 12.3. The van der Waals surface area contributed by atoms with Crippen LogP contribution in [0.5, 0.6) is 5.75 Å². The Kier molecular flexibility index (Phi) is 7.09. The molecule has 1 aliphatic heterocycles. The molecule has 260 valence electrons. The van der Waals surface area contributed by atoms with Gasteiger partial charge >= 0.3 is 0 Å². The summed E-state index contributed by atoms with van der Waals surface area (Å²) < 4.78 is 5.75. The van der Waals surface area contributed by atoms with Crippen LogP contribution in [0.25, 0.3) is 44.7 Å². The van der Waals surface area contributed by atoms with Crippen molar-refractivity contribution in [3.8, 4) is 28.0 Å². The fraction of sp³-hybridized carbons (Fsp3) is 0.0566. The Balaban J connectivity index is 1.19. The van der Waals surface area contributed by atoms with Crippen LogP contribution in [0.4, 0.5) is 17.1 Å². The molecule has 0 saturated heterocycles. The molecule has 0 aromatic heterocycles. The van der Waals surface area contributed by atoms with E-state index in [0.717, 1.165) is 17.9 Å². The molecular formula is C53H37NO. The van der Waals surface area contributed by atoms with Gasteiger partial charge in [-0.2, -0.15) is 0 Å². The summed E-state index contributed by atoms with van der Waals surface area (Å²) in [7, 11) is 1.74. The first-order valence-electron chi connectivity index (χ1n) is 19.1. The van der Waals surface area contributed by atoms with Crippen LogP contribution in [-0.4, -0.2) is 7.11 Å². The maximum Gasteiger partial charge on any atom is 0.120 e. The summed E-state index contributed by atoms with van der Waals surface area (Å²) in [6.07, 6.45) is 7.87. The first-order valence-corrected chi connectivity index (χ1v) is 19.1. The summed E-state index contributed by atoms with van der Waals surface area (Å²) in [6.45, 7) is 0. The number of methoxy groups -OCH3 is 1. The third-order valence-electron chi connectivity index (χ3n) is 12.0. The topological polar surface area (TPSA) is 12.5 Å². The molecule has 0 radical (unpaired) electrons. The van der Waals surface area contributed by atoms with Gasteiger partial charge in [-0.3, -0.25) is 0 Å². The summed E-state index contributed by atoms with van der Waals surface area (Å²) in [5.74, 6) is 0.834. The Hall–Kier alpha value is -6.90. The highest BCUT2D eigenvalue weighted by molar-refractivity contribution is 5.98. The van der Waals surface area contributed by atoms with Crippen LogP contribution in [0.15, 0.2) is 188 Å². The number of benzene rings is 8. The van der Waals surface area contributed by atoms with Gasteiger partial charge in [0.2, 0.25) is 0 Å². The van der Waals surface area contributed by atoms with Crippen molar-refractivity contribution in [3.05, 3.63) is 227 Å². The Labute approximate surface area is 321 Å². The third kappa shape index (κ3) is 4.74. The van der Waals surface area contributed by atoms with Crippen LogP contribution in [0.2, 0.25) is 0 Å². The van der Waals surface area contributed by atoms with E-state index in [1.54, 1.807) is 7.11 Å². The van der Waals surface area contributed by atoms with Gasteiger partial charge in [0.15, 0.2) is 0 Å². The molecular weight excluding hydrogens is 667 g/mol. The van der Waals surface area contributed by atoms with Crippen molar-refractivity contribution in [1.82, 2.24) is 0 Å². The number of ether oxygens (including phenoxy) is 1. The first kappa shape index (κ1) is 31.6. The molecule has 0 saturated carbocycles. The van der Waals surface area contributed by atoms with Gasteiger partial charge in [-0.1, -0.05) is 146 Å². The molecule has 0 fully saturated rings. The van der Waals surface area contributed by atoms with E-state index in [1.807, 2.05) is 6.07 Å². The fourth-order valence-electron chi connectivity index (χ4n) is 9.47. The summed E-state index contributed by atoms with van der Waals surface area (Å²) in [5, 5.41) is 2.50. The van der Waals surface area contributed by atoms with Crippen molar-refractivity contribution < 1.29 is 4.74 Å². The molecule has 8 aromatic rings. The zero-order valence-corrected chi connectivity index (χ0v) is 30.5. The Morgan fingerprint density at radius 3 is 1.91 bits per heavy atom.